The lowest BCUT2D eigenvalue weighted by molar-refractivity contribution is 0.0599. The van der Waals surface area contributed by atoms with Gasteiger partial charge in [-0.1, -0.05) is 0 Å². The number of aromatic nitrogens is 1. The summed E-state index contributed by atoms with van der Waals surface area (Å²) in [7, 11) is 1.29. The number of pyridine rings is 1. The van der Waals surface area contributed by atoms with E-state index < -0.39 is 11.8 Å². The van der Waals surface area contributed by atoms with E-state index in [1.165, 1.54) is 25.4 Å². The molecule has 0 aliphatic heterocycles. The third kappa shape index (κ3) is 2.53. The average molecular weight is 328 g/mol. The number of esters is 1. The van der Waals surface area contributed by atoms with Crippen LogP contribution in [0.5, 0.6) is 5.75 Å². The van der Waals surface area contributed by atoms with Gasteiger partial charge in [-0.15, -0.1) is 0 Å². The van der Waals surface area contributed by atoms with Crippen LogP contribution < -0.4 is 4.74 Å². The van der Waals surface area contributed by atoms with Crippen molar-refractivity contribution in [1.29, 1.82) is 0 Å². The van der Waals surface area contributed by atoms with E-state index in [0.29, 0.717) is 22.0 Å². The number of carbonyl (C=O) groups is 1. The maximum Gasteiger partial charge on any atom is 0.340 e. The van der Waals surface area contributed by atoms with Crippen molar-refractivity contribution in [3.05, 3.63) is 34.2 Å². The summed E-state index contributed by atoms with van der Waals surface area (Å²) in [5.41, 5.74) is 0.713. The van der Waals surface area contributed by atoms with Gasteiger partial charge in [0.25, 0.3) is 0 Å². The number of rotatable bonds is 3. The molecule has 1 aromatic heterocycles. The molecule has 0 aliphatic rings. The van der Waals surface area contributed by atoms with Crippen LogP contribution in [0, 0.1) is 5.82 Å². The van der Waals surface area contributed by atoms with Gasteiger partial charge < -0.3 is 9.47 Å². The quantitative estimate of drug-likeness (QED) is 0.811. The van der Waals surface area contributed by atoms with Crippen LogP contribution in [0.25, 0.3) is 10.9 Å². The van der Waals surface area contributed by atoms with Gasteiger partial charge in [-0.2, -0.15) is 0 Å². The Balaban J connectivity index is 2.66. The Bertz CT molecular complexity index is 645. The van der Waals surface area contributed by atoms with Gasteiger partial charge in [0.05, 0.1) is 24.8 Å². The van der Waals surface area contributed by atoms with E-state index in [2.05, 4.69) is 25.7 Å². The molecule has 2 rings (SSSR count). The van der Waals surface area contributed by atoms with E-state index in [1.807, 2.05) is 0 Å². The Hall–Kier alpha value is -1.69. The Morgan fingerprint density at radius 1 is 1.47 bits per heavy atom. The summed E-state index contributed by atoms with van der Waals surface area (Å²) in [6.45, 7) is 2.12. The number of nitrogens with zero attached hydrogens (tertiary/aromatic N) is 1. The monoisotopic (exact) mass is 327 g/mol. The lowest BCUT2D eigenvalue weighted by atomic mass is 10.1. The molecule has 19 heavy (non-hydrogen) atoms. The van der Waals surface area contributed by atoms with Crippen LogP contribution >= 0.6 is 15.9 Å². The van der Waals surface area contributed by atoms with Crippen molar-refractivity contribution in [2.24, 2.45) is 0 Å². The summed E-state index contributed by atoms with van der Waals surface area (Å²) in [4.78, 5) is 15.6. The summed E-state index contributed by atoms with van der Waals surface area (Å²) < 4.78 is 24.0. The third-order valence-electron chi connectivity index (χ3n) is 2.56. The van der Waals surface area contributed by atoms with E-state index in [1.54, 1.807) is 6.92 Å². The zero-order chi connectivity index (χ0) is 14.0. The predicted octanol–water partition coefficient (Wildman–Crippen LogP) is 3.32. The fourth-order valence-electron chi connectivity index (χ4n) is 1.68. The summed E-state index contributed by atoms with van der Waals surface area (Å²) in [6, 6.07) is 2.78. The predicted molar refractivity (Wildman–Crippen MR) is 71.9 cm³/mol. The zero-order valence-electron chi connectivity index (χ0n) is 10.4. The minimum atomic E-state index is -0.511. The Morgan fingerprint density at radius 2 is 2.21 bits per heavy atom. The first-order chi connectivity index (χ1) is 9.08. The fourth-order valence-corrected chi connectivity index (χ4v) is 2.26. The second-order valence-electron chi connectivity index (χ2n) is 3.71. The molecule has 2 aromatic rings. The number of hydrogen-bond donors (Lipinski definition) is 0. The average Bonchev–Trinajstić information content (AvgIpc) is 2.40. The molecule has 0 atom stereocenters. The van der Waals surface area contributed by atoms with Gasteiger partial charge in [0.15, 0.2) is 11.6 Å². The molecule has 100 valence electrons. The maximum atomic E-state index is 13.7. The number of fused-ring (bicyclic) bond motifs is 1. The second kappa shape index (κ2) is 5.52. The molecule has 0 unspecified atom stereocenters. The van der Waals surface area contributed by atoms with Gasteiger partial charge in [-0.25, -0.2) is 9.18 Å². The Morgan fingerprint density at radius 3 is 2.84 bits per heavy atom. The number of halogens is 2. The van der Waals surface area contributed by atoms with Gasteiger partial charge in [0.1, 0.15) is 0 Å². The molecule has 1 aromatic carbocycles. The van der Waals surface area contributed by atoms with Crippen molar-refractivity contribution < 1.29 is 18.7 Å². The molecular weight excluding hydrogens is 317 g/mol. The van der Waals surface area contributed by atoms with Crippen LogP contribution in [0.2, 0.25) is 0 Å². The normalized spacial score (nSPS) is 10.5. The van der Waals surface area contributed by atoms with Crippen LogP contribution in [0.3, 0.4) is 0 Å². The second-order valence-corrected chi connectivity index (χ2v) is 4.50. The first-order valence-electron chi connectivity index (χ1n) is 5.57. The number of ether oxygens (including phenoxy) is 2. The number of carbonyl (C=O) groups excluding carboxylic acids is 1. The van der Waals surface area contributed by atoms with Crippen LogP contribution in [0.4, 0.5) is 4.39 Å². The van der Waals surface area contributed by atoms with E-state index in [-0.39, 0.29) is 11.3 Å². The maximum absolute atomic E-state index is 13.7. The van der Waals surface area contributed by atoms with Gasteiger partial charge in [-0.3, -0.25) is 4.98 Å². The summed E-state index contributed by atoms with van der Waals surface area (Å²) in [5, 5.41) is 0.591. The highest BCUT2D eigenvalue weighted by molar-refractivity contribution is 9.10. The highest BCUT2D eigenvalue weighted by Gasteiger charge is 2.16. The molecule has 4 nitrogen and oxygen atoms in total. The Kier molecular flexibility index (Phi) is 3.99. The first-order valence-corrected chi connectivity index (χ1v) is 6.36. The van der Waals surface area contributed by atoms with Crippen molar-refractivity contribution >= 4 is 32.8 Å². The number of methoxy groups -OCH3 is 1. The SMILES string of the molecule is CCOc1cc2c(Br)c(C(=O)OC)cnc2cc1F. The van der Waals surface area contributed by atoms with Gasteiger partial charge in [0, 0.05) is 22.1 Å². The summed E-state index contributed by atoms with van der Waals surface area (Å²) >= 11 is 3.31. The van der Waals surface area contributed by atoms with Gasteiger partial charge in [0.2, 0.25) is 0 Å². The van der Waals surface area contributed by atoms with E-state index in [4.69, 9.17) is 4.74 Å². The molecular formula is C13H11BrFNO3. The van der Waals surface area contributed by atoms with Crippen molar-refractivity contribution in [1.82, 2.24) is 4.98 Å². The molecule has 0 amide bonds. The third-order valence-corrected chi connectivity index (χ3v) is 3.42. The van der Waals surface area contributed by atoms with Crippen LogP contribution in [0.15, 0.2) is 22.8 Å². The van der Waals surface area contributed by atoms with Crippen molar-refractivity contribution in [3.8, 4) is 5.75 Å². The van der Waals surface area contributed by atoms with E-state index >= 15 is 0 Å². The highest BCUT2D eigenvalue weighted by Crippen LogP contribution is 2.31. The van der Waals surface area contributed by atoms with Crippen LogP contribution in [-0.4, -0.2) is 24.7 Å². The lowest BCUT2D eigenvalue weighted by Gasteiger charge is -2.09. The van der Waals surface area contributed by atoms with Crippen molar-refractivity contribution in [2.45, 2.75) is 6.92 Å². The van der Waals surface area contributed by atoms with E-state index in [0.717, 1.165) is 0 Å². The fraction of sp³-hybridized carbons (Fsp3) is 0.231. The number of hydrogen-bond acceptors (Lipinski definition) is 4. The molecule has 0 N–H and O–H groups in total. The smallest absolute Gasteiger partial charge is 0.340 e. The first kappa shape index (κ1) is 13.7. The molecule has 1 heterocycles. The van der Waals surface area contributed by atoms with Crippen LogP contribution in [-0.2, 0) is 4.74 Å². The molecule has 0 saturated carbocycles. The summed E-state index contributed by atoms with van der Waals surface area (Å²) in [6.07, 6.45) is 1.35. The zero-order valence-corrected chi connectivity index (χ0v) is 12.0. The van der Waals surface area contributed by atoms with Crippen molar-refractivity contribution in [2.75, 3.05) is 13.7 Å². The molecule has 0 saturated heterocycles. The van der Waals surface area contributed by atoms with E-state index in [9.17, 15) is 9.18 Å². The topological polar surface area (TPSA) is 48.4 Å². The van der Waals surface area contributed by atoms with Gasteiger partial charge >= 0.3 is 5.97 Å². The molecule has 0 aliphatic carbocycles. The summed E-state index contributed by atoms with van der Waals surface area (Å²) in [5.74, 6) is -0.873. The Labute approximate surface area is 117 Å². The highest BCUT2D eigenvalue weighted by atomic mass is 79.9. The molecule has 0 bridgehead atoms. The minimum absolute atomic E-state index is 0.125. The molecule has 0 spiro atoms. The van der Waals surface area contributed by atoms with Crippen LogP contribution in [0.1, 0.15) is 17.3 Å². The number of benzene rings is 1. The lowest BCUT2D eigenvalue weighted by Crippen LogP contribution is -2.04. The van der Waals surface area contributed by atoms with Crippen molar-refractivity contribution in [3.63, 3.8) is 0 Å². The minimum Gasteiger partial charge on any atom is -0.491 e. The largest absolute Gasteiger partial charge is 0.491 e. The van der Waals surface area contributed by atoms with Gasteiger partial charge in [-0.05, 0) is 28.9 Å². The standard InChI is InChI=1S/C13H11BrFNO3/c1-3-19-11-4-7-10(5-9(11)15)16-6-8(12(7)14)13(17)18-2/h4-6H,3H2,1-2H3. The molecule has 0 fully saturated rings. The molecule has 0 radical (unpaired) electrons. The molecule has 6 heteroatoms.